The Balaban J connectivity index is 0.00000128. The van der Waals surface area contributed by atoms with Gasteiger partial charge in [-0.05, 0) is 13.8 Å². The Morgan fingerprint density at radius 2 is 2.36 bits per heavy atom. The molecule has 1 amide bonds. The fourth-order valence-electron chi connectivity index (χ4n) is 1.71. The Hall–Kier alpha value is 0.290. The third-order valence-electron chi connectivity index (χ3n) is 2.31. The third-order valence-corrected chi connectivity index (χ3v) is 3.71. The van der Waals surface area contributed by atoms with E-state index < -0.39 is 34.4 Å². The molecule has 2 fully saturated rings. The van der Waals surface area contributed by atoms with E-state index in [2.05, 4.69) is 0 Å². The Bertz CT molecular complexity index is 363. The van der Waals surface area contributed by atoms with Gasteiger partial charge in [0.05, 0.1) is 23.8 Å². The van der Waals surface area contributed by atoms with E-state index in [0.717, 1.165) is 4.90 Å². The van der Waals surface area contributed by atoms with Crippen molar-refractivity contribution in [1.82, 2.24) is 4.90 Å². The van der Waals surface area contributed by atoms with Crippen LogP contribution in [0.4, 0.5) is 0 Å². The molecule has 0 radical (unpaired) electrons. The minimum Gasteiger partial charge on any atom is -0.548 e. The third kappa shape index (κ3) is 1.60. The fraction of sp³-hybridized carbons (Fsp3) is 0.750. The second-order valence-corrected chi connectivity index (χ2v) is 5.39. The van der Waals surface area contributed by atoms with Crippen LogP contribution in [0.1, 0.15) is 23.0 Å². The maximum absolute atomic E-state index is 11.4. The first-order chi connectivity index (χ1) is 6.69. The van der Waals surface area contributed by atoms with Gasteiger partial charge < -0.3 is 14.8 Å². The van der Waals surface area contributed by atoms with E-state index in [0.29, 0.717) is 0 Å². The number of rotatable bonds is 1. The minimum atomic E-state index is -1.94. The molecule has 2 heterocycles. The largest absolute Gasteiger partial charge is 1.00 e. The van der Waals surface area contributed by atoms with Crippen LogP contribution in [-0.2, 0) is 9.59 Å². The van der Waals surface area contributed by atoms with Crippen molar-refractivity contribution in [3.05, 3.63) is 0 Å². The van der Waals surface area contributed by atoms with Gasteiger partial charge in [-0.3, -0.25) is 4.79 Å². The molecule has 2 saturated heterocycles. The summed E-state index contributed by atoms with van der Waals surface area (Å²) in [5.41, 5.74) is 0. The van der Waals surface area contributed by atoms with Crippen LogP contribution in [0, 0.1) is 0 Å². The number of thioether (sulfide) groups is 1. The van der Waals surface area contributed by atoms with Crippen LogP contribution in [0.25, 0.3) is 0 Å². The van der Waals surface area contributed by atoms with E-state index in [4.69, 9.17) is 2.74 Å². The Morgan fingerprint density at radius 1 is 1.79 bits per heavy atom. The molecule has 2 rings (SSSR count). The molecular weight excluding hydrogens is 213 g/mol. The fourth-order valence-corrected chi connectivity index (χ4v) is 3.12. The molecule has 0 spiro atoms. The predicted molar refractivity (Wildman–Crippen MR) is 45.7 cm³/mol. The average Bonchev–Trinajstić information content (AvgIpc) is 2.35. The van der Waals surface area contributed by atoms with Crippen molar-refractivity contribution in [2.24, 2.45) is 0 Å². The quantitative estimate of drug-likeness (QED) is 0.339. The first-order valence-corrected chi connectivity index (χ1v) is 4.79. The standard InChI is InChI=1S/C8H11NO3S.Na/c1-8(2)6(7(11)12)9-4(10)3-5(9)13-8;/h5-6H,3H2,1-2H3,(H,11,12);/q;+1/p-1/t5-,6+;/m1./s1/i3D2;. The molecule has 0 N–H and O–H groups in total. The van der Waals surface area contributed by atoms with E-state index in [1.807, 2.05) is 0 Å². The van der Waals surface area contributed by atoms with Crippen LogP contribution >= 0.6 is 11.8 Å². The Kier molecular flexibility index (Phi) is 2.51. The molecule has 0 saturated carbocycles. The zero-order chi connectivity index (χ0) is 11.6. The molecule has 72 valence electrons. The van der Waals surface area contributed by atoms with E-state index in [1.54, 1.807) is 13.8 Å². The number of β-lactam (4-membered cyclic amide) rings is 1. The summed E-state index contributed by atoms with van der Waals surface area (Å²) in [6.45, 7) is 3.36. The number of nitrogens with zero attached hydrogens (tertiary/aromatic N) is 1. The van der Waals surface area contributed by atoms with Gasteiger partial charge in [-0.1, -0.05) is 0 Å². The van der Waals surface area contributed by atoms with E-state index in [1.165, 1.54) is 11.8 Å². The smallest absolute Gasteiger partial charge is 0.548 e. The number of hydrogen-bond donors (Lipinski definition) is 0. The Morgan fingerprint density at radius 3 is 2.86 bits per heavy atom. The van der Waals surface area contributed by atoms with Crippen molar-refractivity contribution in [2.75, 3.05) is 0 Å². The van der Waals surface area contributed by atoms with Gasteiger partial charge in [0.1, 0.15) is 0 Å². The van der Waals surface area contributed by atoms with Crippen molar-refractivity contribution in [2.45, 2.75) is 36.4 Å². The molecule has 14 heavy (non-hydrogen) atoms. The van der Waals surface area contributed by atoms with Crippen LogP contribution < -0.4 is 34.7 Å². The van der Waals surface area contributed by atoms with Crippen LogP contribution in [0.5, 0.6) is 0 Å². The summed E-state index contributed by atoms with van der Waals surface area (Å²) in [4.78, 5) is 23.4. The summed E-state index contributed by atoms with van der Waals surface area (Å²) >= 11 is 1.17. The van der Waals surface area contributed by atoms with Gasteiger partial charge >= 0.3 is 29.6 Å². The molecule has 0 aliphatic carbocycles. The molecule has 0 aromatic heterocycles. The number of hydrogen-bond acceptors (Lipinski definition) is 4. The van der Waals surface area contributed by atoms with Gasteiger partial charge in [0, 0.05) is 7.49 Å². The molecule has 2 atom stereocenters. The van der Waals surface area contributed by atoms with Crippen molar-refractivity contribution >= 4 is 23.6 Å². The number of carboxylic acid groups (broad SMARTS) is 1. The summed E-state index contributed by atoms with van der Waals surface area (Å²) in [5, 5.41) is 10.2. The molecule has 0 bridgehead atoms. The monoisotopic (exact) mass is 225 g/mol. The number of aliphatic carboxylic acids is 1. The molecule has 0 aromatic carbocycles. The van der Waals surface area contributed by atoms with Gasteiger partial charge in [0.2, 0.25) is 5.91 Å². The number of amides is 1. The summed E-state index contributed by atoms with van der Waals surface area (Å²) in [6.07, 6.45) is -1.94. The molecule has 0 aromatic rings. The van der Waals surface area contributed by atoms with Gasteiger partial charge in [-0.15, -0.1) is 11.8 Å². The van der Waals surface area contributed by atoms with Crippen molar-refractivity contribution in [1.29, 1.82) is 0 Å². The summed E-state index contributed by atoms with van der Waals surface area (Å²) in [5.74, 6) is -2.07. The van der Waals surface area contributed by atoms with Gasteiger partial charge in [-0.2, -0.15) is 0 Å². The normalized spacial score (nSPS) is 38.7. The van der Waals surface area contributed by atoms with Crippen molar-refractivity contribution < 1.29 is 47.0 Å². The first-order valence-electron chi connectivity index (χ1n) is 4.91. The van der Waals surface area contributed by atoms with Gasteiger partial charge in [-0.25, -0.2) is 0 Å². The van der Waals surface area contributed by atoms with Crippen LogP contribution in [0.3, 0.4) is 0 Å². The molecule has 2 aliphatic rings. The average molecular weight is 225 g/mol. The summed E-state index contributed by atoms with van der Waals surface area (Å²) in [6, 6.07) is -1.04. The van der Waals surface area contributed by atoms with Crippen molar-refractivity contribution in [3.8, 4) is 0 Å². The van der Waals surface area contributed by atoms with Gasteiger partial charge in [0.25, 0.3) is 0 Å². The number of fused-ring (bicyclic) bond motifs is 1. The van der Waals surface area contributed by atoms with E-state index >= 15 is 0 Å². The second kappa shape index (κ2) is 3.70. The first kappa shape index (κ1) is 9.51. The van der Waals surface area contributed by atoms with Gasteiger partial charge in [0.15, 0.2) is 0 Å². The minimum absolute atomic E-state index is 0. The van der Waals surface area contributed by atoms with Crippen LogP contribution in [-0.4, -0.2) is 32.9 Å². The van der Waals surface area contributed by atoms with E-state index in [-0.39, 0.29) is 29.6 Å². The molecule has 6 heteroatoms. The topological polar surface area (TPSA) is 60.4 Å². The number of carbonyl (C=O) groups excluding carboxylic acids is 2. The van der Waals surface area contributed by atoms with Crippen LogP contribution in [0.15, 0.2) is 0 Å². The molecule has 0 unspecified atom stereocenters. The van der Waals surface area contributed by atoms with Crippen molar-refractivity contribution in [3.63, 3.8) is 0 Å². The van der Waals surface area contributed by atoms with Crippen LogP contribution in [0.2, 0.25) is 0 Å². The summed E-state index contributed by atoms with van der Waals surface area (Å²) in [7, 11) is 0. The maximum Gasteiger partial charge on any atom is 1.00 e. The maximum atomic E-state index is 11.4. The predicted octanol–water partition coefficient (Wildman–Crippen LogP) is -3.81. The molecular formula is C8H10NNaO3S. The van der Waals surface area contributed by atoms with E-state index in [9.17, 15) is 14.7 Å². The summed E-state index contributed by atoms with van der Waals surface area (Å²) < 4.78 is 14.2. The number of carbonyl (C=O) groups is 2. The Labute approximate surface area is 112 Å². The zero-order valence-electron chi connectivity index (χ0n) is 10.2. The zero-order valence-corrected chi connectivity index (χ0v) is 11.1. The SMILES string of the molecule is [2H]C1([2H])C(=O)N2[C@@H](C(=O)[O-])C(C)(C)S[C@@H]21.[Na+]. The molecule has 2 aliphatic heterocycles. The molecule has 4 nitrogen and oxygen atoms in total. The second-order valence-electron chi connectivity index (χ2n) is 3.65. The number of carboxylic acids is 1.